The topological polar surface area (TPSA) is 71.9 Å². The molecule has 0 radical (unpaired) electrons. The van der Waals surface area contributed by atoms with Crippen LogP contribution in [0.2, 0.25) is 0 Å². The van der Waals surface area contributed by atoms with Crippen molar-refractivity contribution in [1.29, 1.82) is 5.26 Å². The van der Waals surface area contributed by atoms with E-state index in [1.165, 1.54) is 0 Å². The van der Waals surface area contributed by atoms with Gasteiger partial charge in [-0.05, 0) is 30.4 Å². The average Bonchev–Trinajstić information content (AvgIpc) is 2.71. The molecule has 1 saturated heterocycles. The summed E-state index contributed by atoms with van der Waals surface area (Å²) in [5.41, 5.74) is 7.21. The Labute approximate surface area is 88.7 Å². The Morgan fingerprint density at radius 1 is 1.67 bits per heavy atom. The van der Waals surface area contributed by atoms with Gasteiger partial charge in [0.25, 0.3) is 0 Å². The van der Waals surface area contributed by atoms with Crippen molar-refractivity contribution in [3.05, 3.63) is 23.4 Å². The number of nitrogens with zero attached hydrogens (tertiary/aromatic N) is 2. The largest absolute Gasteiger partial charge is 0.384 e. The number of nitrogens with two attached hydrogens (primary N) is 1. The molecule has 0 bridgehead atoms. The molecule has 1 aliphatic heterocycles. The van der Waals surface area contributed by atoms with Gasteiger partial charge in [0.05, 0.1) is 5.56 Å². The second-order valence-electron chi connectivity index (χ2n) is 3.81. The molecule has 2 N–H and O–H groups in total. The lowest BCUT2D eigenvalue weighted by molar-refractivity contribution is 0.186. The van der Waals surface area contributed by atoms with E-state index in [0.29, 0.717) is 17.3 Å². The van der Waals surface area contributed by atoms with E-state index >= 15 is 0 Å². The molecule has 78 valence electrons. The SMILES string of the molecule is N#Cc1cnc(N)cc1C[C@@H]1CCOC1. The van der Waals surface area contributed by atoms with Crippen molar-refractivity contribution in [2.75, 3.05) is 18.9 Å². The third-order valence-corrected chi connectivity index (χ3v) is 2.66. The van der Waals surface area contributed by atoms with Crippen molar-refractivity contribution >= 4 is 5.82 Å². The fourth-order valence-corrected chi connectivity index (χ4v) is 1.84. The van der Waals surface area contributed by atoms with Gasteiger partial charge in [-0.1, -0.05) is 0 Å². The van der Waals surface area contributed by atoms with Crippen molar-refractivity contribution in [2.45, 2.75) is 12.8 Å². The van der Waals surface area contributed by atoms with E-state index in [-0.39, 0.29) is 0 Å². The summed E-state index contributed by atoms with van der Waals surface area (Å²) in [7, 11) is 0. The molecule has 1 aromatic heterocycles. The predicted octanol–water partition coefficient (Wildman–Crippen LogP) is 1.11. The fraction of sp³-hybridized carbons (Fsp3) is 0.455. The van der Waals surface area contributed by atoms with E-state index in [1.807, 2.05) is 0 Å². The van der Waals surface area contributed by atoms with Crippen molar-refractivity contribution in [3.63, 3.8) is 0 Å². The molecule has 2 rings (SSSR count). The number of nitrogen functional groups attached to an aromatic ring is 1. The van der Waals surface area contributed by atoms with Crippen LogP contribution in [0.5, 0.6) is 0 Å². The minimum atomic E-state index is 0.475. The highest BCUT2D eigenvalue weighted by atomic mass is 16.5. The van der Waals surface area contributed by atoms with E-state index < -0.39 is 0 Å². The summed E-state index contributed by atoms with van der Waals surface area (Å²) in [6.07, 6.45) is 3.46. The number of nitriles is 1. The Hall–Kier alpha value is -1.60. The van der Waals surface area contributed by atoms with Gasteiger partial charge in [0, 0.05) is 19.4 Å². The molecule has 0 aromatic carbocycles. The van der Waals surface area contributed by atoms with Gasteiger partial charge >= 0.3 is 0 Å². The molecule has 0 spiro atoms. The number of rotatable bonds is 2. The molecule has 0 amide bonds. The summed E-state index contributed by atoms with van der Waals surface area (Å²) in [6.45, 7) is 1.61. The van der Waals surface area contributed by atoms with Gasteiger partial charge in [-0.15, -0.1) is 0 Å². The Kier molecular flexibility index (Phi) is 2.84. The van der Waals surface area contributed by atoms with E-state index in [9.17, 15) is 0 Å². The maximum Gasteiger partial charge on any atom is 0.123 e. The third-order valence-electron chi connectivity index (χ3n) is 2.66. The molecule has 1 aliphatic rings. The van der Waals surface area contributed by atoms with Crippen LogP contribution in [0.1, 0.15) is 17.5 Å². The minimum absolute atomic E-state index is 0.475. The first kappa shape index (κ1) is 9.94. The third kappa shape index (κ3) is 2.25. The standard InChI is InChI=1S/C11H13N3O/c12-5-10-6-14-11(13)4-9(10)3-8-1-2-15-7-8/h4,6,8H,1-3,7H2,(H2,13,14)/t8-/m0/s1. The zero-order chi connectivity index (χ0) is 10.7. The van der Waals surface area contributed by atoms with Gasteiger partial charge in [0.15, 0.2) is 0 Å². The van der Waals surface area contributed by atoms with Gasteiger partial charge in [-0.2, -0.15) is 5.26 Å². The summed E-state index contributed by atoms with van der Waals surface area (Å²) < 4.78 is 5.30. The van der Waals surface area contributed by atoms with Gasteiger partial charge in [0.1, 0.15) is 11.9 Å². The average molecular weight is 203 g/mol. The summed E-state index contributed by atoms with van der Waals surface area (Å²) >= 11 is 0. The normalized spacial score (nSPS) is 20.1. The molecule has 0 aliphatic carbocycles. The van der Waals surface area contributed by atoms with Gasteiger partial charge in [-0.3, -0.25) is 0 Å². The molecule has 2 heterocycles. The number of hydrogen-bond acceptors (Lipinski definition) is 4. The van der Waals surface area contributed by atoms with Crippen LogP contribution in [-0.4, -0.2) is 18.2 Å². The lowest BCUT2D eigenvalue weighted by atomic mass is 9.96. The minimum Gasteiger partial charge on any atom is -0.384 e. The van der Waals surface area contributed by atoms with Gasteiger partial charge in [0.2, 0.25) is 0 Å². The molecular formula is C11H13N3O. The second-order valence-corrected chi connectivity index (χ2v) is 3.81. The van der Waals surface area contributed by atoms with Crippen LogP contribution in [0.25, 0.3) is 0 Å². The van der Waals surface area contributed by atoms with Crippen LogP contribution < -0.4 is 5.73 Å². The monoisotopic (exact) mass is 203 g/mol. The lowest BCUT2D eigenvalue weighted by Gasteiger charge is -2.09. The Morgan fingerprint density at radius 2 is 2.53 bits per heavy atom. The predicted molar refractivity (Wildman–Crippen MR) is 56.0 cm³/mol. The number of aromatic nitrogens is 1. The van der Waals surface area contributed by atoms with Crippen LogP contribution in [-0.2, 0) is 11.2 Å². The van der Waals surface area contributed by atoms with Crippen LogP contribution >= 0.6 is 0 Å². The van der Waals surface area contributed by atoms with Gasteiger partial charge in [-0.25, -0.2) is 4.98 Å². The molecule has 1 atom stereocenters. The Balaban J connectivity index is 2.18. The maximum atomic E-state index is 8.92. The summed E-state index contributed by atoms with van der Waals surface area (Å²) in [4.78, 5) is 3.91. The van der Waals surface area contributed by atoms with Crippen LogP contribution in [0.15, 0.2) is 12.3 Å². The van der Waals surface area contributed by atoms with E-state index in [4.69, 9.17) is 15.7 Å². The number of ether oxygens (including phenoxy) is 1. The Bertz CT molecular complexity index is 391. The van der Waals surface area contributed by atoms with E-state index in [2.05, 4.69) is 11.1 Å². The van der Waals surface area contributed by atoms with E-state index in [1.54, 1.807) is 12.3 Å². The molecule has 0 unspecified atom stereocenters. The number of hydrogen-bond donors (Lipinski definition) is 1. The van der Waals surface area contributed by atoms with Crippen LogP contribution in [0.4, 0.5) is 5.82 Å². The number of pyridine rings is 1. The molecule has 1 aromatic rings. The molecular weight excluding hydrogens is 190 g/mol. The first-order chi connectivity index (χ1) is 7.29. The Morgan fingerprint density at radius 3 is 3.20 bits per heavy atom. The first-order valence-electron chi connectivity index (χ1n) is 5.02. The van der Waals surface area contributed by atoms with E-state index in [0.717, 1.165) is 31.6 Å². The summed E-state index contributed by atoms with van der Waals surface area (Å²) in [5, 5.41) is 8.92. The first-order valence-corrected chi connectivity index (χ1v) is 5.02. The molecule has 15 heavy (non-hydrogen) atoms. The fourth-order valence-electron chi connectivity index (χ4n) is 1.84. The van der Waals surface area contributed by atoms with Crippen molar-refractivity contribution in [2.24, 2.45) is 5.92 Å². The van der Waals surface area contributed by atoms with Gasteiger partial charge < -0.3 is 10.5 Å². The van der Waals surface area contributed by atoms with Crippen molar-refractivity contribution < 1.29 is 4.74 Å². The lowest BCUT2D eigenvalue weighted by Crippen LogP contribution is -2.06. The zero-order valence-electron chi connectivity index (χ0n) is 8.44. The molecule has 0 saturated carbocycles. The van der Waals surface area contributed by atoms with Crippen molar-refractivity contribution in [3.8, 4) is 6.07 Å². The highest BCUT2D eigenvalue weighted by molar-refractivity contribution is 5.43. The second kappa shape index (κ2) is 4.28. The smallest absolute Gasteiger partial charge is 0.123 e. The number of anilines is 1. The van der Waals surface area contributed by atoms with Crippen molar-refractivity contribution in [1.82, 2.24) is 4.98 Å². The van der Waals surface area contributed by atoms with Crippen LogP contribution in [0, 0.1) is 17.2 Å². The highest BCUT2D eigenvalue weighted by Crippen LogP contribution is 2.21. The summed E-state index contributed by atoms with van der Waals surface area (Å²) in [5.74, 6) is 0.988. The highest BCUT2D eigenvalue weighted by Gasteiger charge is 2.17. The molecule has 1 fully saturated rings. The zero-order valence-corrected chi connectivity index (χ0v) is 8.44. The molecule has 4 nitrogen and oxygen atoms in total. The maximum absolute atomic E-state index is 8.92. The molecule has 4 heteroatoms. The van der Waals surface area contributed by atoms with Crippen LogP contribution in [0.3, 0.4) is 0 Å². The quantitative estimate of drug-likeness (QED) is 0.781. The summed E-state index contributed by atoms with van der Waals surface area (Å²) in [6, 6.07) is 3.93.